The van der Waals surface area contributed by atoms with E-state index < -0.39 is 5.97 Å². The van der Waals surface area contributed by atoms with E-state index in [9.17, 15) is 9.59 Å². The number of hydrogen-bond donors (Lipinski definition) is 1. The number of anilines is 1. The van der Waals surface area contributed by atoms with Gasteiger partial charge in [-0.05, 0) is 51.9 Å². The minimum Gasteiger partial charge on any atom is -0.465 e. The van der Waals surface area contributed by atoms with Crippen LogP contribution < -0.4 is 5.32 Å². The SMILES string of the molecule is COC(=O)c1cc(CN(C)C(C)C(=O)Nc2c(C)cccc2C)oc1C. The molecule has 0 spiro atoms. The summed E-state index contributed by atoms with van der Waals surface area (Å²) in [6.45, 7) is 7.89. The standard InChI is InChI=1S/C20H26N2O4/c1-12-8-7-9-13(2)18(12)21-19(23)14(3)22(5)11-16-10-17(15(4)26-16)20(24)25-6/h7-10,14H,11H2,1-6H3,(H,21,23). The number of likely N-dealkylation sites (N-methyl/N-ethyl adjacent to an activating group) is 1. The van der Waals surface area contributed by atoms with Crippen LogP contribution in [0.1, 0.15) is 39.9 Å². The predicted octanol–water partition coefficient (Wildman–Crippen LogP) is 3.45. The average molecular weight is 358 g/mol. The zero-order chi connectivity index (χ0) is 19.4. The second kappa shape index (κ2) is 8.19. The lowest BCUT2D eigenvalue weighted by Gasteiger charge is -2.23. The molecule has 1 aromatic carbocycles. The number of para-hydroxylation sites is 1. The highest BCUT2D eigenvalue weighted by Crippen LogP contribution is 2.21. The molecule has 0 fully saturated rings. The molecule has 1 atom stereocenters. The normalized spacial score (nSPS) is 12.1. The Kier molecular flexibility index (Phi) is 6.21. The Morgan fingerprint density at radius 1 is 1.23 bits per heavy atom. The van der Waals surface area contributed by atoms with Crippen molar-refractivity contribution < 1.29 is 18.7 Å². The quantitative estimate of drug-likeness (QED) is 0.801. The van der Waals surface area contributed by atoms with Crippen LogP contribution in [-0.4, -0.2) is 37.0 Å². The van der Waals surface area contributed by atoms with Gasteiger partial charge in [-0.2, -0.15) is 0 Å². The Balaban J connectivity index is 2.06. The summed E-state index contributed by atoms with van der Waals surface area (Å²) in [5.41, 5.74) is 3.30. The summed E-state index contributed by atoms with van der Waals surface area (Å²) < 4.78 is 10.4. The van der Waals surface area contributed by atoms with E-state index in [1.165, 1.54) is 7.11 Å². The second-order valence-electron chi connectivity index (χ2n) is 6.52. The molecule has 0 aliphatic carbocycles. The minimum absolute atomic E-state index is 0.0960. The molecule has 0 bridgehead atoms. The van der Waals surface area contributed by atoms with Gasteiger partial charge < -0.3 is 14.5 Å². The molecule has 140 valence electrons. The topological polar surface area (TPSA) is 71.8 Å². The monoisotopic (exact) mass is 358 g/mol. The number of nitrogens with one attached hydrogen (secondary N) is 1. The highest BCUT2D eigenvalue weighted by atomic mass is 16.5. The van der Waals surface area contributed by atoms with Crippen LogP contribution in [-0.2, 0) is 16.1 Å². The molecule has 0 aliphatic heterocycles. The van der Waals surface area contributed by atoms with Crippen LogP contribution in [0.25, 0.3) is 0 Å². The van der Waals surface area contributed by atoms with E-state index in [-0.39, 0.29) is 11.9 Å². The van der Waals surface area contributed by atoms with E-state index in [0.717, 1.165) is 16.8 Å². The van der Waals surface area contributed by atoms with Crippen LogP contribution >= 0.6 is 0 Å². The number of carbonyl (C=O) groups excluding carboxylic acids is 2. The Labute approximate surface area is 154 Å². The number of hydrogen-bond acceptors (Lipinski definition) is 5. The molecule has 1 unspecified atom stereocenters. The van der Waals surface area contributed by atoms with Gasteiger partial charge in [0.15, 0.2) is 0 Å². The fourth-order valence-electron chi connectivity index (χ4n) is 2.76. The molecule has 0 radical (unpaired) electrons. The van der Waals surface area contributed by atoms with Gasteiger partial charge in [0.25, 0.3) is 0 Å². The molecule has 1 heterocycles. The number of aryl methyl sites for hydroxylation is 3. The van der Waals surface area contributed by atoms with Crippen molar-refractivity contribution in [2.24, 2.45) is 0 Å². The van der Waals surface area contributed by atoms with Gasteiger partial charge in [-0.1, -0.05) is 18.2 Å². The van der Waals surface area contributed by atoms with E-state index in [1.54, 1.807) is 13.0 Å². The fourth-order valence-corrected chi connectivity index (χ4v) is 2.76. The average Bonchev–Trinajstić information content (AvgIpc) is 2.96. The van der Waals surface area contributed by atoms with Crippen LogP contribution in [0.5, 0.6) is 0 Å². The molecule has 6 nitrogen and oxygen atoms in total. The third-order valence-corrected chi connectivity index (χ3v) is 4.55. The zero-order valence-electron chi connectivity index (χ0n) is 16.2. The fraction of sp³-hybridized carbons (Fsp3) is 0.400. The lowest BCUT2D eigenvalue weighted by Crippen LogP contribution is -2.39. The van der Waals surface area contributed by atoms with Gasteiger partial charge >= 0.3 is 5.97 Å². The summed E-state index contributed by atoms with van der Waals surface area (Å²) in [6.07, 6.45) is 0. The van der Waals surface area contributed by atoms with Crippen molar-refractivity contribution in [1.29, 1.82) is 0 Å². The number of methoxy groups -OCH3 is 1. The highest BCUT2D eigenvalue weighted by Gasteiger charge is 2.22. The number of amides is 1. The van der Waals surface area contributed by atoms with E-state index in [4.69, 9.17) is 9.15 Å². The Bertz CT molecular complexity index is 790. The van der Waals surface area contributed by atoms with Gasteiger partial charge in [-0.25, -0.2) is 4.79 Å². The molecule has 1 aromatic heterocycles. The van der Waals surface area contributed by atoms with Crippen LogP contribution in [0.15, 0.2) is 28.7 Å². The summed E-state index contributed by atoms with van der Waals surface area (Å²) in [6, 6.07) is 7.19. The smallest absolute Gasteiger partial charge is 0.341 e. The first-order valence-electron chi connectivity index (χ1n) is 8.49. The number of ether oxygens (including phenoxy) is 1. The number of nitrogens with zero attached hydrogens (tertiary/aromatic N) is 1. The molecule has 2 aromatic rings. The van der Waals surface area contributed by atoms with Crippen molar-refractivity contribution in [2.45, 2.75) is 40.3 Å². The van der Waals surface area contributed by atoms with E-state index in [1.807, 2.05) is 50.9 Å². The first-order valence-corrected chi connectivity index (χ1v) is 8.49. The zero-order valence-corrected chi connectivity index (χ0v) is 16.2. The summed E-state index contributed by atoms with van der Waals surface area (Å²) in [5.74, 6) is 0.590. The third kappa shape index (κ3) is 4.32. The van der Waals surface area contributed by atoms with Crippen LogP contribution in [0, 0.1) is 20.8 Å². The van der Waals surface area contributed by atoms with E-state index in [0.29, 0.717) is 23.6 Å². The molecule has 26 heavy (non-hydrogen) atoms. The Morgan fingerprint density at radius 2 is 1.85 bits per heavy atom. The van der Waals surface area contributed by atoms with Crippen LogP contribution in [0.4, 0.5) is 5.69 Å². The maximum absolute atomic E-state index is 12.6. The molecule has 0 saturated heterocycles. The summed E-state index contributed by atoms with van der Waals surface area (Å²) in [4.78, 5) is 26.2. The molecule has 6 heteroatoms. The van der Waals surface area contributed by atoms with Gasteiger partial charge in [0.2, 0.25) is 5.91 Å². The number of rotatable bonds is 6. The molecule has 1 N–H and O–H groups in total. The van der Waals surface area contributed by atoms with Crippen molar-refractivity contribution in [3.8, 4) is 0 Å². The van der Waals surface area contributed by atoms with Gasteiger partial charge in [0, 0.05) is 5.69 Å². The maximum Gasteiger partial charge on any atom is 0.341 e. The number of esters is 1. The lowest BCUT2D eigenvalue weighted by molar-refractivity contribution is -0.120. The van der Waals surface area contributed by atoms with Gasteiger partial charge in [-0.3, -0.25) is 9.69 Å². The van der Waals surface area contributed by atoms with Crippen LogP contribution in [0.3, 0.4) is 0 Å². The Morgan fingerprint density at radius 3 is 2.42 bits per heavy atom. The lowest BCUT2D eigenvalue weighted by atomic mass is 10.1. The van der Waals surface area contributed by atoms with Crippen molar-refractivity contribution in [1.82, 2.24) is 4.90 Å². The van der Waals surface area contributed by atoms with Gasteiger partial charge in [0.05, 0.1) is 19.7 Å². The summed E-state index contributed by atoms with van der Waals surface area (Å²) in [7, 11) is 3.17. The first-order chi connectivity index (χ1) is 12.2. The van der Waals surface area contributed by atoms with Crippen LogP contribution in [0.2, 0.25) is 0 Å². The van der Waals surface area contributed by atoms with Gasteiger partial charge in [-0.15, -0.1) is 0 Å². The number of furan rings is 1. The van der Waals surface area contributed by atoms with Crippen molar-refractivity contribution in [3.63, 3.8) is 0 Å². The molecular formula is C20H26N2O4. The number of benzene rings is 1. The molecular weight excluding hydrogens is 332 g/mol. The first kappa shape index (κ1) is 19.7. The van der Waals surface area contributed by atoms with Crippen molar-refractivity contribution in [3.05, 3.63) is 52.5 Å². The maximum atomic E-state index is 12.6. The van der Waals surface area contributed by atoms with Crippen molar-refractivity contribution in [2.75, 3.05) is 19.5 Å². The van der Waals surface area contributed by atoms with E-state index >= 15 is 0 Å². The predicted molar refractivity (Wildman–Crippen MR) is 100 cm³/mol. The van der Waals surface area contributed by atoms with E-state index in [2.05, 4.69) is 5.32 Å². The van der Waals surface area contributed by atoms with Crippen molar-refractivity contribution >= 4 is 17.6 Å². The number of carbonyl (C=O) groups is 2. The summed E-state index contributed by atoms with van der Waals surface area (Å²) in [5, 5.41) is 3.00. The molecule has 0 saturated carbocycles. The third-order valence-electron chi connectivity index (χ3n) is 4.55. The largest absolute Gasteiger partial charge is 0.465 e. The highest BCUT2D eigenvalue weighted by molar-refractivity contribution is 5.95. The minimum atomic E-state index is -0.430. The summed E-state index contributed by atoms with van der Waals surface area (Å²) >= 11 is 0. The Hall–Kier alpha value is -2.60. The molecule has 2 rings (SSSR count). The molecule has 1 amide bonds. The molecule has 0 aliphatic rings. The second-order valence-corrected chi connectivity index (χ2v) is 6.52. The van der Waals surface area contributed by atoms with Gasteiger partial charge in [0.1, 0.15) is 17.1 Å².